The van der Waals surface area contributed by atoms with Gasteiger partial charge in [0, 0.05) is 47.0 Å². The highest BCUT2D eigenvalue weighted by atomic mass is 16.6. The van der Waals surface area contributed by atoms with Crippen molar-refractivity contribution < 1.29 is 48.0 Å². The number of aliphatic hydroxyl groups excluding tert-OH is 1. The summed E-state index contributed by atoms with van der Waals surface area (Å²) in [7, 11) is 1.19. The van der Waals surface area contributed by atoms with E-state index in [4.69, 9.17) is 23.4 Å². The van der Waals surface area contributed by atoms with Crippen LogP contribution in [0, 0.1) is 28.1 Å². The maximum atomic E-state index is 13.5. The molecule has 2 N–H and O–H groups in total. The summed E-state index contributed by atoms with van der Waals surface area (Å²) in [5.41, 5.74) is -5.20. The van der Waals surface area contributed by atoms with Gasteiger partial charge in [0.15, 0.2) is 5.78 Å². The van der Waals surface area contributed by atoms with Gasteiger partial charge in [-0.15, -0.1) is 0 Å². The molecule has 39 heavy (non-hydrogen) atoms. The molecule has 0 unspecified atom stereocenters. The number of carbonyl (C=O) groups excluding carboxylic acids is 3. The first-order chi connectivity index (χ1) is 18.1. The van der Waals surface area contributed by atoms with Crippen LogP contribution in [0.2, 0.25) is 0 Å². The van der Waals surface area contributed by atoms with Gasteiger partial charge in [-0.25, -0.2) is 4.79 Å². The molecule has 10 nitrogen and oxygen atoms in total. The van der Waals surface area contributed by atoms with Gasteiger partial charge in [0.1, 0.15) is 29.2 Å². The van der Waals surface area contributed by atoms with Crippen molar-refractivity contribution in [2.45, 2.75) is 89.5 Å². The number of fused-ring (bicyclic) bond motifs is 3. The molecule has 0 amide bonds. The summed E-state index contributed by atoms with van der Waals surface area (Å²) in [6.07, 6.45) is 1.37. The largest absolute Gasteiger partial charge is 0.491 e. The monoisotopic (exact) mass is 544 g/mol. The van der Waals surface area contributed by atoms with Crippen molar-refractivity contribution in [2.75, 3.05) is 7.11 Å². The number of furan rings is 1. The Morgan fingerprint density at radius 2 is 1.87 bits per heavy atom. The summed E-state index contributed by atoms with van der Waals surface area (Å²) in [6, 6.07) is 1.86. The second kappa shape index (κ2) is 7.73. The van der Waals surface area contributed by atoms with E-state index in [0.717, 1.165) is 5.56 Å². The van der Waals surface area contributed by atoms with Gasteiger partial charge in [-0.05, 0) is 25.0 Å². The lowest BCUT2D eigenvalue weighted by Gasteiger charge is -2.60. The molecule has 0 bridgehead atoms. The lowest BCUT2D eigenvalue weighted by molar-refractivity contribution is -0.247. The third-order valence-electron chi connectivity index (χ3n) is 11.0. The van der Waals surface area contributed by atoms with Crippen molar-refractivity contribution >= 4 is 17.7 Å². The number of allylic oxidation sites excluding steroid dienone is 2. The topological polar surface area (TPSA) is 145 Å². The summed E-state index contributed by atoms with van der Waals surface area (Å²) < 4.78 is 28.7. The Bertz CT molecular complexity index is 1280. The molecular formula is C29H36O10. The fourth-order valence-electron chi connectivity index (χ4n) is 9.51. The molecule has 3 heterocycles. The van der Waals surface area contributed by atoms with E-state index in [1.165, 1.54) is 20.1 Å². The molecule has 0 radical (unpaired) electrons. The lowest BCUT2D eigenvalue weighted by Crippen LogP contribution is -2.73. The van der Waals surface area contributed by atoms with Crippen LogP contribution in [0.5, 0.6) is 0 Å². The van der Waals surface area contributed by atoms with Crippen LogP contribution in [0.3, 0.4) is 0 Å². The first kappa shape index (κ1) is 26.5. The molecule has 3 aliphatic carbocycles. The molecule has 1 aromatic heterocycles. The number of ether oxygens (including phenoxy) is 4. The number of aliphatic hydroxyl groups is 2. The van der Waals surface area contributed by atoms with Crippen molar-refractivity contribution in [2.24, 2.45) is 28.1 Å². The molecular weight excluding hydrogens is 508 g/mol. The zero-order valence-corrected chi connectivity index (χ0v) is 23.2. The highest BCUT2D eigenvalue weighted by Gasteiger charge is 2.90. The van der Waals surface area contributed by atoms with Crippen molar-refractivity contribution in [1.29, 1.82) is 0 Å². The van der Waals surface area contributed by atoms with E-state index in [1.54, 1.807) is 33.3 Å². The van der Waals surface area contributed by atoms with Gasteiger partial charge in [-0.1, -0.05) is 27.7 Å². The summed E-state index contributed by atoms with van der Waals surface area (Å²) >= 11 is 0. The van der Waals surface area contributed by atoms with Gasteiger partial charge in [0.25, 0.3) is 0 Å². The average molecular weight is 545 g/mol. The Morgan fingerprint density at radius 1 is 1.18 bits per heavy atom. The Kier molecular flexibility index (Phi) is 5.26. The van der Waals surface area contributed by atoms with E-state index < -0.39 is 69.5 Å². The van der Waals surface area contributed by atoms with Gasteiger partial charge in [0.05, 0.1) is 25.7 Å². The number of methoxy groups -OCH3 is 1. The summed E-state index contributed by atoms with van der Waals surface area (Å²) in [4.78, 5) is 38.8. The van der Waals surface area contributed by atoms with E-state index in [0.29, 0.717) is 6.42 Å². The number of epoxide rings is 1. The van der Waals surface area contributed by atoms with Crippen molar-refractivity contribution in [3.05, 3.63) is 36.0 Å². The van der Waals surface area contributed by atoms with E-state index in [1.807, 2.05) is 19.9 Å². The minimum Gasteiger partial charge on any atom is -0.491 e. The van der Waals surface area contributed by atoms with Crippen LogP contribution in [0.1, 0.15) is 59.4 Å². The Hall–Kier alpha value is -2.69. The Labute approximate surface area is 226 Å². The lowest BCUT2D eigenvalue weighted by atomic mass is 9.44. The molecule has 1 aromatic rings. The van der Waals surface area contributed by atoms with Gasteiger partial charge in [-0.3, -0.25) is 9.59 Å². The average Bonchev–Trinajstić information content (AvgIpc) is 3.12. The van der Waals surface area contributed by atoms with Gasteiger partial charge < -0.3 is 33.6 Å². The standard InChI is InChI=1S/C29H36O10/c1-13(30)37-20(24(33)35-7)21-25(2,3)16(31)11-17-26(21,4)22-19(38-17)23(32)27(5)15(14-8-9-36-12-14)10-18-29(27,39-18)28(22,6)34/h8-9,11-12,15,18-23,32,34H,10H2,1-7H3/t15-,18+,19-,20+,21-,22+,23-,26-,27+,28+,29+/m0/s1. The first-order valence-electron chi connectivity index (χ1n) is 13.4. The Balaban J connectivity index is 1.55. The second-order valence-electron chi connectivity index (χ2n) is 13.0. The van der Waals surface area contributed by atoms with E-state index in [-0.39, 0.29) is 23.6 Å². The van der Waals surface area contributed by atoms with Crippen LogP contribution >= 0.6 is 0 Å². The molecule has 10 heteroatoms. The van der Waals surface area contributed by atoms with Gasteiger partial charge in [-0.2, -0.15) is 0 Å². The Morgan fingerprint density at radius 3 is 2.46 bits per heavy atom. The van der Waals surface area contributed by atoms with Crippen LogP contribution in [0.4, 0.5) is 0 Å². The molecule has 4 fully saturated rings. The molecule has 2 saturated heterocycles. The molecule has 2 saturated carbocycles. The summed E-state index contributed by atoms with van der Waals surface area (Å²) in [5.74, 6) is -3.60. The van der Waals surface area contributed by atoms with Gasteiger partial charge in [0.2, 0.25) is 6.10 Å². The predicted octanol–water partition coefficient (Wildman–Crippen LogP) is 2.27. The summed E-state index contributed by atoms with van der Waals surface area (Å²) in [6.45, 7) is 9.97. The van der Waals surface area contributed by atoms with Crippen molar-refractivity contribution in [1.82, 2.24) is 0 Å². The fourth-order valence-corrected chi connectivity index (χ4v) is 9.51. The highest BCUT2D eigenvalue weighted by Crippen LogP contribution is 2.79. The van der Waals surface area contributed by atoms with Crippen molar-refractivity contribution in [3.8, 4) is 0 Å². The van der Waals surface area contributed by atoms with E-state index in [2.05, 4.69) is 0 Å². The zero-order chi connectivity index (χ0) is 28.5. The summed E-state index contributed by atoms with van der Waals surface area (Å²) in [5, 5.41) is 24.8. The maximum absolute atomic E-state index is 13.5. The second-order valence-corrected chi connectivity index (χ2v) is 13.0. The molecule has 6 rings (SSSR count). The fraction of sp³-hybridized carbons (Fsp3) is 0.690. The third-order valence-corrected chi connectivity index (χ3v) is 11.0. The van der Waals surface area contributed by atoms with Crippen LogP contribution in [-0.4, -0.2) is 70.7 Å². The number of rotatable bonds is 4. The van der Waals surface area contributed by atoms with Crippen LogP contribution in [0.25, 0.3) is 0 Å². The number of hydrogen-bond acceptors (Lipinski definition) is 10. The predicted molar refractivity (Wildman–Crippen MR) is 133 cm³/mol. The van der Waals surface area contributed by atoms with Gasteiger partial charge >= 0.3 is 11.9 Å². The number of esters is 2. The van der Waals surface area contributed by atoms with Crippen LogP contribution in [0.15, 0.2) is 34.8 Å². The minimum absolute atomic E-state index is 0.178. The van der Waals surface area contributed by atoms with Crippen LogP contribution in [-0.2, 0) is 33.3 Å². The minimum atomic E-state index is -1.58. The zero-order valence-electron chi connectivity index (χ0n) is 23.2. The SMILES string of the molecule is COC(=O)[C@H](OC(C)=O)[C@H]1C(C)(C)C(=O)C=C2O[C@H]3[C@H]([C@@]21C)[C@@](C)(O)[C@@]12O[C@@H]1C[C@@H](c1ccoc1)[C@]2(C)[C@H]3O. The molecule has 5 aliphatic rings. The number of ketones is 1. The van der Waals surface area contributed by atoms with E-state index >= 15 is 0 Å². The molecule has 1 spiro atoms. The first-order valence-corrected chi connectivity index (χ1v) is 13.4. The molecule has 11 atom stereocenters. The molecule has 0 aromatic carbocycles. The van der Waals surface area contributed by atoms with Crippen LogP contribution < -0.4 is 0 Å². The van der Waals surface area contributed by atoms with Crippen molar-refractivity contribution in [3.63, 3.8) is 0 Å². The highest BCUT2D eigenvalue weighted by molar-refractivity contribution is 5.97. The number of hydrogen-bond donors (Lipinski definition) is 2. The number of carbonyl (C=O) groups is 3. The molecule has 212 valence electrons. The third kappa shape index (κ3) is 2.85. The normalized spacial score (nSPS) is 47.5. The quantitative estimate of drug-likeness (QED) is 0.428. The maximum Gasteiger partial charge on any atom is 0.347 e. The molecule has 2 aliphatic heterocycles. The smallest absolute Gasteiger partial charge is 0.347 e. The van der Waals surface area contributed by atoms with E-state index in [9.17, 15) is 24.6 Å².